The van der Waals surface area contributed by atoms with Crippen LogP contribution in [0.4, 0.5) is 5.82 Å². The molecular weight excluding hydrogens is 312 g/mol. The Morgan fingerprint density at radius 3 is 2.40 bits per heavy atom. The van der Waals surface area contributed by atoms with Gasteiger partial charge in [-0.1, -0.05) is 43.2 Å². The van der Waals surface area contributed by atoms with Crippen LogP contribution in [-0.2, 0) is 0 Å². The van der Waals surface area contributed by atoms with E-state index >= 15 is 0 Å². The van der Waals surface area contributed by atoms with Crippen LogP contribution in [0.2, 0.25) is 0 Å². The number of benzene rings is 1. The van der Waals surface area contributed by atoms with E-state index in [1.807, 2.05) is 36.4 Å². The molecule has 1 aromatic carbocycles. The maximum Gasteiger partial charge on any atom is 0.270 e. The quantitative estimate of drug-likeness (QED) is 0.929. The van der Waals surface area contributed by atoms with Gasteiger partial charge in [0.1, 0.15) is 11.5 Å². The number of nitrogens with zero attached hydrogens (tertiary/aromatic N) is 3. The smallest absolute Gasteiger partial charge is 0.270 e. The van der Waals surface area contributed by atoms with E-state index in [-0.39, 0.29) is 5.91 Å². The lowest BCUT2D eigenvalue weighted by molar-refractivity contribution is 0.0946. The highest BCUT2D eigenvalue weighted by atomic mass is 16.2. The Balaban J connectivity index is 1.69. The molecule has 0 bridgehead atoms. The minimum atomic E-state index is -0.0850. The number of hydrogen-bond acceptors (Lipinski definition) is 4. The molecule has 5 heteroatoms. The number of carbonyl (C=O) groups is 1. The second-order valence-electron chi connectivity index (χ2n) is 6.95. The Hall–Kier alpha value is -2.43. The molecular formula is C20H24N4O. The maximum atomic E-state index is 12.6. The van der Waals surface area contributed by atoms with Gasteiger partial charge in [-0.15, -0.1) is 0 Å². The van der Waals surface area contributed by atoms with E-state index in [0.29, 0.717) is 17.6 Å². The molecule has 2 aliphatic rings. The maximum absolute atomic E-state index is 12.6. The minimum Gasteiger partial charge on any atom is -0.356 e. The second kappa shape index (κ2) is 7.21. The third-order valence-electron chi connectivity index (χ3n) is 4.82. The molecule has 1 aliphatic carbocycles. The molecule has 2 heterocycles. The largest absolute Gasteiger partial charge is 0.356 e. The summed E-state index contributed by atoms with van der Waals surface area (Å²) in [5.41, 5.74) is 1.42. The number of aromatic nitrogens is 2. The Kier molecular flexibility index (Phi) is 4.63. The van der Waals surface area contributed by atoms with Crippen molar-refractivity contribution >= 4 is 11.7 Å². The van der Waals surface area contributed by atoms with E-state index in [1.54, 1.807) is 0 Å². The first kappa shape index (κ1) is 16.1. The van der Waals surface area contributed by atoms with Gasteiger partial charge in [-0.05, 0) is 25.7 Å². The fraction of sp³-hybridized carbons (Fsp3) is 0.450. The first-order chi connectivity index (χ1) is 12.3. The number of nitrogens with one attached hydrogen (secondary N) is 1. The van der Waals surface area contributed by atoms with Crippen molar-refractivity contribution in [1.29, 1.82) is 0 Å². The van der Waals surface area contributed by atoms with Crippen molar-refractivity contribution in [1.82, 2.24) is 15.3 Å². The van der Waals surface area contributed by atoms with Crippen LogP contribution >= 0.6 is 0 Å². The standard InChI is InChI=1S/C20H24N4O/c25-20(21-16-10-11-16)17-14-18(24-12-6-1-2-7-13-24)23-19(22-17)15-8-4-3-5-9-15/h3-5,8-9,14,16H,1-2,6-7,10-13H2,(H,21,25). The Bertz CT molecular complexity index is 735. The molecule has 1 aliphatic heterocycles. The molecule has 2 aromatic rings. The van der Waals surface area contributed by atoms with Crippen LogP contribution in [0.25, 0.3) is 11.4 Å². The number of hydrogen-bond donors (Lipinski definition) is 1. The summed E-state index contributed by atoms with van der Waals surface area (Å²) >= 11 is 0. The lowest BCUT2D eigenvalue weighted by Crippen LogP contribution is -2.29. The molecule has 4 rings (SSSR count). The number of anilines is 1. The first-order valence-electron chi connectivity index (χ1n) is 9.30. The summed E-state index contributed by atoms with van der Waals surface area (Å²) in [5.74, 6) is 1.41. The molecule has 1 aromatic heterocycles. The first-order valence-corrected chi connectivity index (χ1v) is 9.30. The Morgan fingerprint density at radius 1 is 1.00 bits per heavy atom. The average molecular weight is 336 g/mol. The van der Waals surface area contributed by atoms with Crippen LogP contribution in [-0.4, -0.2) is 35.0 Å². The van der Waals surface area contributed by atoms with Crippen molar-refractivity contribution in [2.45, 2.75) is 44.6 Å². The van der Waals surface area contributed by atoms with E-state index in [0.717, 1.165) is 37.3 Å². The van der Waals surface area contributed by atoms with Crippen molar-refractivity contribution in [2.24, 2.45) is 0 Å². The van der Waals surface area contributed by atoms with Gasteiger partial charge in [-0.3, -0.25) is 4.79 Å². The van der Waals surface area contributed by atoms with Gasteiger partial charge in [0.2, 0.25) is 0 Å². The molecule has 0 atom stereocenters. The number of carbonyl (C=O) groups excluding carboxylic acids is 1. The third-order valence-corrected chi connectivity index (χ3v) is 4.82. The molecule has 0 radical (unpaired) electrons. The summed E-state index contributed by atoms with van der Waals surface area (Å²) in [6, 6.07) is 12.1. The highest BCUT2D eigenvalue weighted by Crippen LogP contribution is 2.24. The number of amides is 1. The topological polar surface area (TPSA) is 58.1 Å². The minimum absolute atomic E-state index is 0.0850. The fourth-order valence-electron chi connectivity index (χ4n) is 3.22. The van der Waals surface area contributed by atoms with Crippen molar-refractivity contribution in [3.05, 3.63) is 42.1 Å². The summed E-state index contributed by atoms with van der Waals surface area (Å²) in [7, 11) is 0. The lowest BCUT2D eigenvalue weighted by atomic mass is 10.2. The van der Waals surface area contributed by atoms with E-state index in [9.17, 15) is 4.79 Å². The summed E-state index contributed by atoms with van der Waals surface area (Å²) < 4.78 is 0. The average Bonchev–Trinajstić information content (AvgIpc) is 3.49. The molecule has 25 heavy (non-hydrogen) atoms. The molecule has 1 saturated carbocycles. The van der Waals surface area contributed by atoms with E-state index in [2.05, 4.69) is 15.2 Å². The molecule has 130 valence electrons. The van der Waals surface area contributed by atoms with E-state index in [1.165, 1.54) is 25.7 Å². The molecule has 0 spiro atoms. The Morgan fingerprint density at radius 2 is 1.72 bits per heavy atom. The summed E-state index contributed by atoms with van der Waals surface area (Å²) in [5, 5.41) is 3.04. The summed E-state index contributed by atoms with van der Waals surface area (Å²) in [6.07, 6.45) is 7.02. The predicted molar refractivity (Wildman–Crippen MR) is 98.6 cm³/mol. The SMILES string of the molecule is O=C(NC1CC1)c1cc(N2CCCCCC2)nc(-c2ccccc2)n1. The monoisotopic (exact) mass is 336 g/mol. The van der Waals surface area contributed by atoms with Gasteiger partial charge in [0.15, 0.2) is 5.82 Å². The van der Waals surface area contributed by atoms with Crippen LogP contribution in [0.5, 0.6) is 0 Å². The molecule has 1 saturated heterocycles. The van der Waals surface area contributed by atoms with Gasteiger partial charge in [0.05, 0.1) is 0 Å². The van der Waals surface area contributed by atoms with Crippen molar-refractivity contribution in [3.8, 4) is 11.4 Å². The lowest BCUT2D eigenvalue weighted by Gasteiger charge is -2.22. The van der Waals surface area contributed by atoms with Crippen molar-refractivity contribution in [3.63, 3.8) is 0 Å². The van der Waals surface area contributed by atoms with Gasteiger partial charge in [0.25, 0.3) is 5.91 Å². The molecule has 1 N–H and O–H groups in total. The van der Waals surface area contributed by atoms with Gasteiger partial charge >= 0.3 is 0 Å². The molecule has 2 fully saturated rings. The molecule has 1 amide bonds. The van der Waals surface area contributed by atoms with Gasteiger partial charge in [-0.25, -0.2) is 9.97 Å². The number of rotatable bonds is 4. The zero-order valence-electron chi connectivity index (χ0n) is 14.4. The highest BCUT2D eigenvalue weighted by molar-refractivity contribution is 5.93. The summed E-state index contributed by atoms with van der Waals surface area (Å²) in [4.78, 5) is 24.2. The van der Waals surface area contributed by atoms with E-state index < -0.39 is 0 Å². The van der Waals surface area contributed by atoms with E-state index in [4.69, 9.17) is 4.98 Å². The van der Waals surface area contributed by atoms with Gasteiger partial charge in [0, 0.05) is 30.8 Å². The zero-order valence-corrected chi connectivity index (χ0v) is 14.4. The molecule has 5 nitrogen and oxygen atoms in total. The zero-order chi connectivity index (χ0) is 17.1. The predicted octanol–water partition coefficient (Wildman–Crippen LogP) is 3.42. The van der Waals surface area contributed by atoms with Gasteiger partial charge in [-0.2, -0.15) is 0 Å². The van der Waals surface area contributed by atoms with Gasteiger partial charge < -0.3 is 10.2 Å². The fourth-order valence-corrected chi connectivity index (χ4v) is 3.22. The highest BCUT2D eigenvalue weighted by Gasteiger charge is 2.25. The van der Waals surface area contributed by atoms with Crippen molar-refractivity contribution < 1.29 is 4.79 Å². The summed E-state index contributed by atoms with van der Waals surface area (Å²) in [6.45, 7) is 1.99. The van der Waals surface area contributed by atoms with Crippen LogP contribution in [0.15, 0.2) is 36.4 Å². The van der Waals surface area contributed by atoms with Crippen LogP contribution in [0, 0.1) is 0 Å². The second-order valence-corrected chi connectivity index (χ2v) is 6.95. The Labute approximate surface area is 148 Å². The molecule has 0 unspecified atom stereocenters. The van der Waals surface area contributed by atoms with Crippen LogP contribution < -0.4 is 10.2 Å². The normalized spacial score (nSPS) is 17.8. The van der Waals surface area contributed by atoms with Crippen LogP contribution in [0.1, 0.15) is 49.0 Å². The third kappa shape index (κ3) is 3.98. The van der Waals surface area contributed by atoms with Crippen molar-refractivity contribution in [2.75, 3.05) is 18.0 Å². The van der Waals surface area contributed by atoms with Crippen LogP contribution in [0.3, 0.4) is 0 Å².